The summed E-state index contributed by atoms with van der Waals surface area (Å²) in [5.74, 6) is 0. The topological polar surface area (TPSA) is 59.8 Å². The number of hydrogen-bond donors (Lipinski definition) is 1. The fourth-order valence-electron chi connectivity index (χ4n) is 3.77. The van der Waals surface area contributed by atoms with Crippen LogP contribution in [0.2, 0.25) is 0 Å². The zero-order valence-electron chi connectivity index (χ0n) is 16.6. The van der Waals surface area contributed by atoms with E-state index in [1.807, 2.05) is 24.4 Å². The lowest BCUT2D eigenvalue weighted by Gasteiger charge is -2.31. The number of rotatable bonds is 8. The van der Waals surface area contributed by atoms with Gasteiger partial charge in [-0.05, 0) is 24.0 Å². The summed E-state index contributed by atoms with van der Waals surface area (Å²) in [6.45, 7) is 8.24. The molecule has 27 heavy (non-hydrogen) atoms. The molecule has 1 aliphatic heterocycles. The summed E-state index contributed by atoms with van der Waals surface area (Å²) >= 11 is 0. The second kappa shape index (κ2) is 8.97. The highest BCUT2D eigenvalue weighted by atomic mass is 16.5. The predicted octanol–water partition coefficient (Wildman–Crippen LogP) is 2.28. The van der Waals surface area contributed by atoms with Gasteiger partial charge in [-0.1, -0.05) is 32.0 Å². The first-order valence-corrected chi connectivity index (χ1v) is 9.57. The Morgan fingerprint density at radius 2 is 2.00 bits per heavy atom. The van der Waals surface area contributed by atoms with Crippen molar-refractivity contribution in [3.63, 3.8) is 0 Å². The van der Waals surface area contributed by atoms with E-state index in [0.29, 0.717) is 26.4 Å². The van der Waals surface area contributed by atoms with Gasteiger partial charge in [0.05, 0.1) is 37.8 Å². The average molecular weight is 373 g/mol. The predicted molar refractivity (Wildman–Crippen MR) is 105 cm³/mol. The summed E-state index contributed by atoms with van der Waals surface area (Å²) < 4.78 is 12.5. The SMILES string of the molecule is COCCOCC(O)CN1Cc2cnn(-c3ccccc3)c2CC(C)(C)C1. The molecule has 1 aliphatic rings. The van der Waals surface area contributed by atoms with E-state index in [9.17, 15) is 5.11 Å². The lowest BCUT2D eigenvalue weighted by molar-refractivity contribution is -0.00534. The van der Waals surface area contributed by atoms with Crippen LogP contribution in [0.15, 0.2) is 36.5 Å². The number of fused-ring (bicyclic) bond motifs is 1. The molecule has 2 aromatic rings. The van der Waals surface area contributed by atoms with Gasteiger partial charge < -0.3 is 14.6 Å². The first kappa shape index (κ1) is 20.0. The van der Waals surface area contributed by atoms with Gasteiger partial charge in [-0.25, -0.2) is 4.68 Å². The molecule has 1 atom stereocenters. The van der Waals surface area contributed by atoms with Gasteiger partial charge in [0, 0.05) is 38.0 Å². The molecule has 1 aromatic carbocycles. The lowest BCUT2D eigenvalue weighted by atomic mass is 9.87. The molecule has 0 saturated heterocycles. The zero-order valence-corrected chi connectivity index (χ0v) is 16.6. The maximum Gasteiger partial charge on any atom is 0.0900 e. The molecule has 1 N–H and O–H groups in total. The molecule has 0 radical (unpaired) electrons. The van der Waals surface area contributed by atoms with Gasteiger partial charge in [-0.15, -0.1) is 0 Å². The molecule has 148 valence electrons. The zero-order chi connectivity index (χ0) is 19.3. The molecule has 0 bridgehead atoms. The maximum absolute atomic E-state index is 10.4. The maximum atomic E-state index is 10.4. The van der Waals surface area contributed by atoms with Gasteiger partial charge in [-0.2, -0.15) is 5.10 Å². The third-order valence-corrected chi connectivity index (χ3v) is 4.86. The van der Waals surface area contributed by atoms with Gasteiger partial charge >= 0.3 is 0 Å². The Morgan fingerprint density at radius 1 is 1.22 bits per heavy atom. The molecule has 0 amide bonds. The number of ether oxygens (including phenoxy) is 2. The van der Waals surface area contributed by atoms with E-state index in [-0.39, 0.29) is 5.41 Å². The van der Waals surface area contributed by atoms with Crippen molar-refractivity contribution in [1.82, 2.24) is 14.7 Å². The summed E-state index contributed by atoms with van der Waals surface area (Å²) in [6.07, 6.45) is 2.41. The number of nitrogens with zero attached hydrogens (tertiary/aromatic N) is 3. The lowest BCUT2D eigenvalue weighted by Crippen LogP contribution is -2.39. The summed E-state index contributed by atoms with van der Waals surface area (Å²) in [5, 5.41) is 15.0. The van der Waals surface area contributed by atoms with Crippen LogP contribution in [0, 0.1) is 5.41 Å². The monoisotopic (exact) mass is 373 g/mol. The number of aliphatic hydroxyl groups excluding tert-OH is 1. The highest BCUT2D eigenvalue weighted by molar-refractivity contribution is 5.35. The second-order valence-electron chi connectivity index (χ2n) is 8.10. The van der Waals surface area contributed by atoms with Gasteiger partial charge in [0.25, 0.3) is 0 Å². The smallest absolute Gasteiger partial charge is 0.0900 e. The minimum atomic E-state index is -0.511. The third kappa shape index (κ3) is 5.39. The quantitative estimate of drug-likeness (QED) is 0.720. The second-order valence-corrected chi connectivity index (χ2v) is 8.10. The number of aromatic nitrogens is 2. The van der Waals surface area contributed by atoms with Gasteiger partial charge in [-0.3, -0.25) is 4.90 Å². The summed E-state index contributed by atoms with van der Waals surface area (Å²) in [4.78, 5) is 2.31. The van der Waals surface area contributed by atoms with E-state index in [1.165, 1.54) is 11.3 Å². The van der Waals surface area contributed by atoms with Crippen molar-refractivity contribution in [1.29, 1.82) is 0 Å². The van der Waals surface area contributed by atoms with Crippen LogP contribution in [0.3, 0.4) is 0 Å². The Balaban J connectivity index is 1.71. The van der Waals surface area contributed by atoms with Crippen LogP contribution in [0.1, 0.15) is 25.1 Å². The minimum absolute atomic E-state index is 0.0917. The van der Waals surface area contributed by atoms with E-state index < -0.39 is 6.10 Å². The highest BCUT2D eigenvalue weighted by Gasteiger charge is 2.31. The van der Waals surface area contributed by atoms with Crippen molar-refractivity contribution < 1.29 is 14.6 Å². The summed E-state index contributed by atoms with van der Waals surface area (Å²) in [6, 6.07) is 10.3. The number of hydrogen-bond acceptors (Lipinski definition) is 5. The van der Waals surface area contributed by atoms with E-state index >= 15 is 0 Å². The van der Waals surface area contributed by atoms with Crippen molar-refractivity contribution in [2.24, 2.45) is 5.41 Å². The number of benzene rings is 1. The highest BCUT2D eigenvalue weighted by Crippen LogP contribution is 2.31. The van der Waals surface area contributed by atoms with Crippen molar-refractivity contribution >= 4 is 0 Å². The number of methoxy groups -OCH3 is 1. The van der Waals surface area contributed by atoms with Crippen LogP contribution in [-0.4, -0.2) is 65.9 Å². The van der Waals surface area contributed by atoms with Crippen molar-refractivity contribution in [3.05, 3.63) is 47.8 Å². The first-order valence-electron chi connectivity index (χ1n) is 9.57. The Morgan fingerprint density at radius 3 is 2.74 bits per heavy atom. The standard InChI is InChI=1S/C21H31N3O3/c1-21(2)11-20-17(12-22-24(20)18-7-5-4-6-8-18)13-23(16-21)14-19(25)15-27-10-9-26-3/h4-8,12,19,25H,9-11,13-16H2,1-3H3. The van der Waals surface area contributed by atoms with E-state index in [1.54, 1.807) is 7.11 Å². The molecule has 2 heterocycles. The largest absolute Gasteiger partial charge is 0.389 e. The molecule has 0 saturated carbocycles. The van der Waals surface area contributed by atoms with Crippen LogP contribution < -0.4 is 0 Å². The van der Waals surface area contributed by atoms with Crippen LogP contribution in [0.25, 0.3) is 5.69 Å². The van der Waals surface area contributed by atoms with Crippen molar-refractivity contribution in [2.75, 3.05) is 40.0 Å². The molecule has 0 spiro atoms. The molecule has 0 aliphatic carbocycles. The van der Waals surface area contributed by atoms with Crippen molar-refractivity contribution in [2.45, 2.75) is 32.9 Å². The number of para-hydroxylation sites is 1. The van der Waals surface area contributed by atoms with E-state index in [2.05, 4.69) is 40.7 Å². The third-order valence-electron chi connectivity index (χ3n) is 4.86. The Hall–Kier alpha value is -1.73. The fourth-order valence-corrected chi connectivity index (χ4v) is 3.77. The normalized spacial score (nSPS) is 18.1. The summed E-state index contributed by atoms with van der Waals surface area (Å²) in [7, 11) is 1.65. The van der Waals surface area contributed by atoms with E-state index in [4.69, 9.17) is 9.47 Å². The fraction of sp³-hybridized carbons (Fsp3) is 0.571. The molecular weight excluding hydrogens is 342 g/mol. The molecule has 0 fully saturated rings. The Kier molecular flexibility index (Phi) is 6.65. The molecular formula is C21H31N3O3. The molecule has 6 nitrogen and oxygen atoms in total. The van der Waals surface area contributed by atoms with Gasteiger partial charge in [0.1, 0.15) is 0 Å². The Labute approximate surface area is 161 Å². The van der Waals surface area contributed by atoms with Crippen LogP contribution >= 0.6 is 0 Å². The first-order chi connectivity index (χ1) is 13.0. The van der Waals surface area contributed by atoms with Crippen LogP contribution in [0.5, 0.6) is 0 Å². The summed E-state index contributed by atoms with van der Waals surface area (Å²) in [5.41, 5.74) is 3.68. The number of β-amino-alcohol motifs (C(OH)–C–C–N with tert-alkyl or cyclic N) is 1. The van der Waals surface area contributed by atoms with E-state index in [0.717, 1.165) is 25.2 Å². The number of aliphatic hydroxyl groups is 1. The van der Waals surface area contributed by atoms with Gasteiger partial charge in [0.15, 0.2) is 0 Å². The van der Waals surface area contributed by atoms with Crippen LogP contribution in [-0.2, 0) is 22.4 Å². The van der Waals surface area contributed by atoms with Crippen LogP contribution in [0.4, 0.5) is 0 Å². The molecule has 1 aromatic heterocycles. The average Bonchev–Trinajstić information content (AvgIpc) is 2.94. The van der Waals surface area contributed by atoms with Crippen molar-refractivity contribution in [3.8, 4) is 5.69 Å². The Bertz CT molecular complexity index is 715. The molecule has 3 rings (SSSR count). The molecule has 6 heteroatoms. The van der Waals surface area contributed by atoms with Gasteiger partial charge in [0.2, 0.25) is 0 Å². The minimum Gasteiger partial charge on any atom is -0.389 e. The molecule has 1 unspecified atom stereocenters.